The van der Waals surface area contributed by atoms with Gasteiger partial charge in [0.1, 0.15) is 11.6 Å². The maximum absolute atomic E-state index is 6.20. The predicted octanol–water partition coefficient (Wildman–Crippen LogP) is 4.69. The third kappa shape index (κ3) is 2.86. The number of benzene rings is 2. The number of hydrogen-bond donors (Lipinski definition) is 1. The monoisotopic (exact) mass is 319 g/mol. The van der Waals surface area contributed by atoms with E-state index >= 15 is 0 Å². The molecule has 0 aliphatic rings. The third-order valence-electron chi connectivity index (χ3n) is 3.00. The van der Waals surface area contributed by atoms with E-state index in [0.29, 0.717) is 22.3 Å². The molecule has 2 aromatic carbocycles. The molecule has 1 aromatic heterocycles. The summed E-state index contributed by atoms with van der Waals surface area (Å²) in [7, 11) is 1.60. The molecule has 0 saturated carbocycles. The highest BCUT2D eigenvalue weighted by Crippen LogP contribution is 2.31. The summed E-state index contributed by atoms with van der Waals surface area (Å²) in [5.74, 6) is 1.30. The Morgan fingerprint density at radius 1 is 1.05 bits per heavy atom. The fraction of sp³-hybridized carbons (Fsp3) is 0.0667. The average molecular weight is 320 g/mol. The first kappa shape index (κ1) is 13.9. The Bertz CT molecular complexity index is 808. The van der Waals surface area contributed by atoms with Crippen molar-refractivity contribution in [1.29, 1.82) is 0 Å². The lowest BCUT2D eigenvalue weighted by atomic mass is 10.2. The number of ether oxygens (including phenoxy) is 1. The van der Waals surface area contributed by atoms with Crippen molar-refractivity contribution < 1.29 is 4.74 Å². The average Bonchev–Trinajstić information content (AvgIpc) is 2.49. The Morgan fingerprint density at radius 3 is 2.67 bits per heavy atom. The van der Waals surface area contributed by atoms with Crippen molar-refractivity contribution in [2.45, 2.75) is 0 Å². The van der Waals surface area contributed by atoms with Crippen LogP contribution in [0.2, 0.25) is 10.3 Å². The van der Waals surface area contributed by atoms with Crippen LogP contribution in [0.25, 0.3) is 10.9 Å². The summed E-state index contributed by atoms with van der Waals surface area (Å²) in [5, 5.41) is 4.79. The lowest BCUT2D eigenvalue weighted by Crippen LogP contribution is -1.98. The predicted molar refractivity (Wildman–Crippen MR) is 85.8 cm³/mol. The molecule has 6 heteroatoms. The summed E-state index contributed by atoms with van der Waals surface area (Å²) < 4.78 is 5.20. The van der Waals surface area contributed by atoms with Gasteiger partial charge in [-0.1, -0.05) is 23.7 Å². The lowest BCUT2D eigenvalue weighted by Gasteiger charge is -2.11. The van der Waals surface area contributed by atoms with Gasteiger partial charge in [-0.05, 0) is 35.9 Å². The smallest absolute Gasteiger partial charge is 0.224 e. The van der Waals surface area contributed by atoms with Gasteiger partial charge in [-0.3, -0.25) is 0 Å². The van der Waals surface area contributed by atoms with Crippen LogP contribution in [-0.4, -0.2) is 17.1 Å². The summed E-state index contributed by atoms with van der Waals surface area (Å²) in [5.41, 5.74) is 1.45. The Hall–Kier alpha value is -2.04. The van der Waals surface area contributed by atoms with E-state index in [9.17, 15) is 0 Å². The van der Waals surface area contributed by atoms with Crippen LogP contribution in [0.1, 0.15) is 0 Å². The standard InChI is InChI=1S/C15H11Cl2N3O/c1-21-9-6-7-11(16)13(8-9)18-14-10-4-2-3-5-12(10)19-15(17)20-14/h2-8H,1H3,(H,18,19,20). The van der Waals surface area contributed by atoms with Gasteiger partial charge in [0, 0.05) is 11.5 Å². The quantitative estimate of drug-likeness (QED) is 0.711. The zero-order valence-corrected chi connectivity index (χ0v) is 12.6. The molecule has 0 spiro atoms. The fourth-order valence-electron chi connectivity index (χ4n) is 2.00. The molecule has 0 aliphatic heterocycles. The summed E-state index contributed by atoms with van der Waals surface area (Å²) in [6.07, 6.45) is 0. The molecule has 3 aromatic rings. The molecule has 3 rings (SSSR count). The van der Waals surface area contributed by atoms with Crippen molar-refractivity contribution >= 4 is 45.6 Å². The molecule has 1 heterocycles. The Morgan fingerprint density at radius 2 is 1.86 bits per heavy atom. The molecule has 0 atom stereocenters. The van der Waals surface area contributed by atoms with E-state index in [1.165, 1.54) is 0 Å². The van der Waals surface area contributed by atoms with Crippen LogP contribution in [0.3, 0.4) is 0 Å². The molecular formula is C15H11Cl2N3O. The summed E-state index contributed by atoms with van der Waals surface area (Å²) in [6.45, 7) is 0. The molecular weight excluding hydrogens is 309 g/mol. The number of halogens is 2. The van der Waals surface area contributed by atoms with Crippen LogP contribution in [0.5, 0.6) is 5.75 Å². The van der Waals surface area contributed by atoms with E-state index in [4.69, 9.17) is 27.9 Å². The number of aromatic nitrogens is 2. The summed E-state index contributed by atoms with van der Waals surface area (Å²) in [6, 6.07) is 13.0. The van der Waals surface area contributed by atoms with Gasteiger partial charge in [-0.15, -0.1) is 0 Å². The van der Waals surface area contributed by atoms with E-state index in [2.05, 4.69) is 15.3 Å². The van der Waals surface area contributed by atoms with Gasteiger partial charge < -0.3 is 10.1 Å². The van der Waals surface area contributed by atoms with Crippen LogP contribution < -0.4 is 10.1 Å². The molecule has 106 valence electrons. The van der Waals surface area contributed by atoms with Gasteiger partial charge in [0.2, 0.25) is 5.28 Å². The van der Waals surface area contributed by atoms with E-state index in [0.717, 1.165) is 10.9 Å². The number of anilines is 2. The minimum atomic E-state index is 0.176. The number of para-hydroxylation sites is 1. The molecule has 0 unspecified atom stereocenters. The van der Waals surface area contributed by atoms with Crippen molar-refractivity contribution in [3.05, 3.63) is 52.8 Å². The minimum Gasteiger partial charge on any atom is -0.497 e. The van der Waals surface area contributed by atoms with Crippen molar-refractivity contribution in [3.8, 4) is 5.75 Å². The topological polar surface area (TPSA) is 47.0 Å². The van der Waals surface area contributed by atoms with Crippen molar-refractivity contribution in [2.24, 2.45) is 0 Å². The van der Waals surface area contributed by atoms with Crippen molar-refractivity contribution in [1.82, 2.24) is 9.97 Å². The number of fused-ring (bicyclic) bond motifs is 1. The van der Waals surface area contributed by atoms with Crippen LogP contribution >= 0.6 is 23.2 Å². The molecule has 0 bridgehead atoms. The van der Waals surface area contributed by atoms with Gasteiger partial charge in [0.05, 0.1) is 23.3 Å². The fourth-order valence-corrected chi connectivity index (χ4v) is 2.34. The Kier molecular flexibility index (Phi) is 3.82. The lowest BCUT2D eigenvalue weighted by molar-refractivity contribution is 0.415. The van der Waals surface area contributed by atoms with Crippen LogP contribution in [0, 0.1) is 0 Å². The van der Waals surface area contributed by atoms with Crippen LogP contribution in [0.4, 0.5) is 11.5 Å². The van der Waals surface area contributed by atoms with Gasteiger partial charge in [-0.2, -0.15) is 4.98 Å². The highest BCUT2D eigenvalue weighted by Gasteiger charge is 2.09. The van der Waals surface area contributed by atoms with Gasteiger partial charge in [0.25, 0.3) is 0 Å². The molecule has 0 radical (unpaired) electrons. The van der Waals surface area contributed by atoms with Gasteiger partial charge in [0.15, 0.2) is 0 Å². The maximum atomic E-state index is 6.20. The first-order chi connectivity index (χ1) is 10.2. The number of nitrogens with zero attached hydrogens (tertiary/aromatic N) is 2. The molecule has 21 heavy (non-hydrogen) atoms. The van der Waals surface area contributed by atoms with E-state index in [-0.39, 0.29) is 5.28 Å². The first-order valence-electron chi connectivity index (χ1n) is 6.20. The summed E-state index contributed by atoms with van der Waals surface area (Å²) in [4.78, 5) is 8.43. The molecule has 0 aliphatic carbocycles. The second kappa shape index (κ2) is 5.76. The highest BCUT2D eigenvalue weighted by atomic mass is 35.5. The van der Waals surface area contributed by atoms with E-state index < -0.39 is 0 Å². The number of rotatable bonds is 3. The summed E-state index contributed by atoms with van der Waals surface area (Å²) >= 11 is 12.2. The largest absolute Gasteiger partial charge is 0.497 e. The minimum absolute atomic E-state index is 0.176. The molecule has 0 amide bonds. The van der Waals surface area contributed by atoms with Gasteiger partial charge >= 0.3 is 0 Å². The normalized spacial score (nSPS) is 10.6. The van der Waals surface area contributed by atoms with Crippen LogP contribution in [-0.2, 0) is 0 Å². The number of hydrogen-bond acceptors (Lipinski definition) is 4. The second-order valence-electron chi connectivity index (χ2n) is 4.33. The third-order valence-corrected chi connectivity index (χ3v) is 3.50. The van der Waals surface area contributed by atoms with Crippen LogP contribution in [0.15, 0.2) is 42.5 Å². The molecule has 1 N–H and O–H groups in total. The van der Waals surface area contributed by atoms with E-state index in [1.54, 1.807) is 25.3 Å². The molecule has 4 nitrogen and oxygen atoms in total. The maximum Gasteiger partial charge on any atom is 0.224 e. The van der Waals surface area contributed by atoms with Crippen molar-refractivity contribution in [3.63, 3.8) is 0 Å². The zero-order valence-electron chi connectivity index (χ0n) is 11.1. The number of nitrogens with one attached hydrogen (secondary N) is 1. The van der Waals surface area contributed by atoms with E-state index in [1.807, 2.05) is 24.3 Å². The SMILES string of the molecule is COc1ccc(Cl)c(Nc2nc(Cl)nc3ccccc23)c1. The van der Waals surface area contributed by atoms with Gasteiger partial charge in [-0.25, -0.2) is 4.98 Å². The van der Waals surface area contributed by atoms with Crippen molar-refractivity contribution in [2.75, 3.05) is 12.4 Å². The molecule has 0 fully saturated rings. The Labute approximate surface area is 131 Å². The Balaban J connectivity index is 2.09. The zero-order chi connectivity index (χ0) is 14.8. The first-order valence-corrected chi connectivity index (χ1v) is 6.96. The molecule has 0 saturated heterocycles. The number of methoxy groups -OCH3 is 1. The highest BCUT2D eigenvalue weighted by molar-refractivity contribution is 6.33. The second-order valence-corrected chi connectivity index (χ2v) is 5.07.